The number of carbonyl (C=O) groups excluding carboxylic acids is 1. The van der Waals surface area contributed by atoms with Crippen molar-refractivity contribution in [2.24, 2.45) is 0 Å². The Morgan fingerprint density at radius 1 is 1.15 bits per heavy atom. The Morgan fingerprint density at radius 2 is 1.77 bits per heavy atom. The Morgan fingerprint density at radius 3 is 2.31 bits per heavy atom. The second-order valence-corrected chi connectivity index (χ2v) is 7.72. The van der Waals surface area contributed by atoms with Crippen LogP contribution in [0.3, 0.4) is 0 Å². The number of rotatable bonds is 5. The van der Waals surface area contributed by atoms with Gasteiger partial charge in [0.1, 0.15) is 6.54 Å². The largest absolute Gasteiger partial charge is 0.416 e. The molecule has 0 heterocycles. The van der Waals surface area contributed by atoms with Crippen molar-refractivity contribution in [1.82, 2.24) is 0 Å². The Bertz CT molecular complexity index is 900. The number of carbonyl (C=O) groups is 1. The van der Waals surface area contributed by atoms with E-state index < -0.39 is 34.2 Å². The average molecular weight is 407 g/mol. The Balaban J connectivity index is 2.19. The van der Waals surface area contributed by atoms with Crippen molar-refractivity contribution >= 4 is 38.9 Å². The number of anilines is 2. The van der Waals surface area contributed by atoms with E-state index >= 15 is 0 Å². The summed E-state index contributed by atoms with van der Waals surface area (Å²) in [5.41, 5.74) is -0.807. The number of sulfonamides is 1. The molecule has 0 bridgehead atoms. The van der Waals surface area contributed by atoms with Crippen LogP contribution in [0.15, 0.2) is 48.5 Å². The van der Waals surface area contributed by atoms with E-state index in [0.29, 0.717) is 5.02 Å². The fraction of sp³-hybridized carbons (Fsp3) is 0.188. The minimum Gasteiger partial charge on any atom is -0.325 e. The van der Waals surface area contributed by atoms with Gasteiger partial charge in [-0.3, -0.25) is 9.10 Å². The number of halogens is 4. The highest BCUT2D eigenvalue weighted by Crippen LogP contribution is 2.30. The summed E-state index contributed by atoms with van der Waals surface area (Å²) >= 11 is 5.76. The van der Waals surface area contributed by atoms with Crippen LogP contribution in [0, 0.1) is 0 Å². The van der Waals surface area contributed by atoms with E-state index in [-0.39, 0.29) is 11.4 Å². The molecule has 0 saturated heterocycles. The van der Waals surface area contributed by atoms with E-state index in [9.17, 15) is 26.4 Å². The normalized spacial score (nSPS) is 11.9. The van der Waals surface area contributed by atoms with Gasteiger partial charge in [0.05, 0.1) is 17.5 Å². The number of alkyl halides is 3. The van der Waals surface area contributed by atoms with Gasteiger partial charge < -0.3 is 5.32 Å². The number of hydrogen-bond donors (Lipinski definition) is 1. The Labute approximate surface area is 153 Å². The fourth-order valence-corrected chi connectivity index (χ4v) is 3.09. The molecule has 140 valence electrons. The standard InChI is InChI=1S/C16H14ClF3N2O3S/c1-26(24,25)22(14-7-5-12(17)6-8-14)10-15(23)21-13-4-2-3-11(9-13)16(18,19)20/h2-9H,10H2,1H3,(H,21,23). The van der Waals surface area contributed by atoms with Crippen LogP contribution in [0.25, 0.3) is 0 Å². The topological polar surface area (TPSA) is 66.5 Å². The predicted octanol–water partition coefficient (Wildman–Crippen LogP) is 3.76. The third-order valence-corrected chi connectivity index (χ3v) is 4.67. The van der Waals surface area contributed by atoms with Crippen LogP contribution in [-0.2, 0) is 21.0 Å². The van der Waals surface area contributed by atoms with Crippen LogP contribution in [0.2, 0.25) is 5.02 Å². The molecule has 0 aliphatic rings. The average Bonchev–Trinajstić information content (AvgIpc) is 2.52. The van der Waals surface area contributed by atoms with Gasteiger partial charge in [0.2, 0.25) is 15.9 Å². The predicted molar refractivity (Wildman–Crippen MR) is 93.7 cm³/mol. The first-order valence-electron chi connectivity index (χ1n) is 7.17. The lowest BCUT2D eigenvalue weighted by atomic mass is 10.2. The van der Waals surface area contributed by atoms with E-state index in [1.165, 1.54) is 30.3 Å². The molecule has 0 unspecified atom stereocenters. The van der Waals surface area contributed by atoms with Crippen molar-refractivity contribution in [3.05, 3.63) is 59.1 Å². The fourth-order valence-electron chi connectivity index (χ4n) is 2.11. The van der Waals surface area contributed by atoms with Crippen molar-refractivity contribution in [3.63, 3.8) is 0 Å². The van der Waals surface area contributed by atoms with Crippen molar-refractivity contribution in [2.45, 2.75) is 6.18 Å². The maximum Gasteiger partial charge on any atom is 0.416 e. The molecule has 2 rings (SSSR count). The van der Waals surface area contributed by atoms with E-state index in [1.54, 1.807) is 0 Å². The summed E-state index contributed by atoms with van der Waals surface area (Å²) in [6.07, 6.45) is -3.64. The number of benzene rings is 2. The highest BCUT2D eigenvalue weighted by molar-refractivity contribution is 7.92. The van der Waals surface area contributed by atoms with E-state index in [4.69, 9.17) is 11.6 Å². The molecule has 0 aliphatic heterocycles. The van der Waals surface area contributed by atoms with Gasteiger partial charge in [-0.2, -0.15) is 13.2 Å². The van der Waals surface area contributed by atoms with Gasteiger partial charge in [0.25, 0.3) is 0 Å². The molecule has 0 radical (unpaired) electrons. The zero-order valence-electron chi connectivity index (χ0n) is 13.4. The third kappa shape index (κ3) is 5.37. The molecule has 1 N–H and O–H groups in total. The van der Waals surface area contributed by atoms with Gasteiger partial charge in [-0.25, -0.2) is 8.42 Å². The Hall–Kier alpha value is -2.26. The van der Waals surface area contributed by atoms with Crippen LogP contribution in [0.4, 0.5) is 24.5 Å². The molecule has 0 spiro atoms. The van der Waals surface area contributed by atoms with Crippen molar-refractivity contribution in [1.29, 1.82) is 0 Å². The molecule has 2 aromatic carbocycles. The molecule has 0 saturated carbocycles. The molecule has 26 heavy (non-hydrogen) atoms. The number of hydrogen-bond acceptors (Lipinski definition) is 3. The first kappa shape index (κ1) is 20.1. The number of nitrogens with zero attached hydrogens (tertiary/aromatic N) is 1. The highest BCUT2D eigenvalue weighted by atomic mass is 35.5. The van der Waals surface area contributed by atoms with Crippen LogP contribution in [-0.4, -0.2) is 27.1 Å². The van der Waals surface area contributed by atoms with Gasteiger partial charge in [0.15, 0.2) is 0 Å². The van der Waals surface area contributed by atoms with Crippen LogP contribution >= 0.6 is 11.6 Å². The maximum absolute atomic E-state index is 12.7. The van der Waals surface area contributed by atoms with Gasteiger partial charge in [0, 0.05) is 10.7 Å². The van der Waals surface area contributed by atoms with Gasteiger partial charge >= 0.3 is 6.18 Å². The molecular formula is C16H14ClF3N2O3S. The van der Waals surface area contributed by atoms with Crippen LogP contribution < -0.4 is 9.62 Å². The summed E-state index contributed by atoms with van der Waals surface area (Å²) in [6.45, 7) is -0.600. The van der Waals surface area contributed by atoms with E-state index in [1.807, 2.05) is 0 Å². The maximum atomic E-state index is 12.7. The second-order valence-electron chi connectivity index (χ2n) is 5.37. The minimum absolute atomic E-state index is 0.0885. The molecule has 0 atom stereocenters. The molecule has 0 aromatic heterocycles. The van der Waals surface area contributed by atoms with Crippen molar-refractivity contribution < 1.29 is 26.4 Å². The summed E-state index contributed by atoms with van der Waals surface area (Å²) in [5, 5.41) is 2.65. The number of amides is 1. The lowest BCUT2D eigenvalue weighted by Gasteiger charge is -2.22. The smallest absolute Gasteiger partial charge is 0.325 e. The summed E-state index contributed by atoms with van der Waals surface area (Å²) < 4.78 is 62.9. The molecule has 10 heteroatoms. The summed E-state index contributed by atoms with van der Waals surface area (Å²) in [7, 11) is -3.80. The molecule has 5 nitrogen and oxygen atoms in total. The molecule has 0 aliphatic carbocycles. The lowest BCUT2D eigenvalue weighted by Crippen LogP contribution is -2.37. The van der Waals surface area contributed by atoms with E-state index in [0.717, 1.165) is 28.8 Å². The SMILES string of the molecule is CS(=O)(=O)N(CC(=O)Nc1cccc(C(F)(F)F)c1)c1ccc(Cl)cc1. The van der Waals surface area contributed by atoms with Gasteiger partial charge in [-0.05, 0) is 42.5 Å². The molecule has 2 aromatic rings. The molecule has 1 amide bonds. The minimum atomic E-state index is -4.55. The molecular weight excluding hydrogens is 393 g/mol. The van der Waals surface area contributed by atoms with Crippen LogP contribution in [0.1, 0.15) is 5.56 Å². The van der Waals surface area contributed by atoms with Gasteiger partial charge in [-0.15, -0.1) is 0 Å². The zero-order valence-corrected chi connectivity index (χ0v) is 15.0. The molecule has 0 fully saturated rings. The zero-order chi connectivity index (χ0) is 19.5. The Kier molecular flexibility index (Phi) is 5.82. The monoisotopic (exact) mass is 406 g/mol. The summed E-state index contributed by atoms with van der Waals surface area (Å²) in [4.78, 5) is 12.1. The summed E-state index contributed by atoms with van der Waals surface area (Å²) in [5.74, 6) is -0.787. The van der Waals surface area contributed by atoms with E-state index in [2.05, 4.69) is 5.32 Å². The number of nitrogens with one attached hydrogen (secondary N) is 1. The summed E-state index contributed by atoms with van der Waals surface area (Å²) in [6, 6.07) is 9.81. The van der Waals surface area contributed by atoms with Gasteiger partial charge in [-0.1, -0.05) is 17.7 Å². The van der Waals surface area contributed by atoms with Crippen molar-refractivity contribution in [3.8, 4) is 0 Å². The van der Waals surface area contributed by atoms with Crippen LogP contribution in [0.5, 0.6) is 0 Å². The second kappa shape index (κ2) is 7.55. The first-order chi connectivity index (χ1) is 12.0. The lowest BCUT2D eigenvalue weighted by molar-refractivity contribution is -0.137. The third-order valence-electron chi connectivity index (χ3n) is 3.28. The highest BCUT2D eigenvalue weighted by Gasteiger charge is 2.30. The van der Waals surface area contributed by atoms with Crippen molar-refractivity contribution in [2.75, 3.05) is 22.4 Å². The first-order valence-corrected chi connectivity index (χ1v) is 9.40. The quantitative estimate of drug-likeness (QED) is 0.822.